The first-order valence-electron chi connectivity index (χ1n) is 8.40. The van der Waals surface area contributed by atoms with Gasteiger partial charge >= 0.3 is 5.97 Å². The predicted molar refractivity (Wildman–Crippen MR) is 104 cm³/mol. The van der Waals surface area contributed by atoms with E-state index in [-0.39, 0.29) is 11.9 Å². The number of thiophene rings is 1. The van der Waals surface area contributed by atoms with E-state index >= 15 is 0 Å². The Morgan fingerprint density at radius 2 is 1.92 bits per heavy atom. The number of methoxy groups -OCH3 is 1. The first kappa shape index (κ1) is 18.1. The number of ether oxygens (including phenoxy) is 1. The Kier molecular flexibility index (Phi) is 5.91. The number of anilines is 1. The molecule has 1 heterocycles. The fourth-order valence-electron chi connectivity index (χ4n) is 3.13. The molecule has 2 aromatic rings. The Morgan fingerprint density at radius 1 is 1.16 bits per heavy atom. The third-order valence-electron chi connectivity index (χ3n) is 4.37. The molecule has 1 N–H and O–H groups in total. The summed E-state index contributed by atoms with van der Waals surface area (Å²) >= 11 is 4.89. The number of rotatable bonds is 3. The number of carbonyl (C=O) groups excluding carboxylic acids is 2. The van der Waals surface area contributed by atoms with E-state index in [0.29, 0.717) is 16.1 Å². The maximum Gasteiger partial charge on any atom is 0.341 e. The molecule has 0 bridgehead atoms. The number of hydrogen-bond donors (Lipinski definition) is 1. The van der Waals surface area contributed by atoms with Crippen LogP contribution in [0.5, 0.6) is 0 Å². The van der Waals surface area contributed by atoms with Gasteiger partial charge in [0.1, 0.15) is 5.00 Å². The van der Waals surface area contributed by atoms with E-state index in [1.807, 2.05) is 12.1 Å². The van der Waals surface area contributed by atoms with Crippen molar-refractivity contribution < 1.29 is 14.3 Å². The van der Waals surface area contributed by atoms with Crippen LogP contribution in [-0.2, 0) is 17.6 Å². The maximum atomic E-state index is 12.6. The van der Waals surface area contributed by atoms with E-state index in [9.17, 15) is 9.59 Å². The number of hydrogen-bond acceptors (Lipinski definition) is 4. The zero-order valence-corrected chi connectivity index (χ0v) is 16.5. The lowest BCUT2D eigenvalue weighted by Gasteiger charge is -2.11. The summed E-state index contributed by atoms with van der Waals surface area (Å²) in [7, 11) is 1.38. The second kappa shape index (κ2) is 8.15. The predicted octanol–water partition coefficient (Wildman–Crippen LogP) is 5.21. The monoisotopic (exact) mass is 421 g/mol. The fraction of sp³-hybridized carbons (Fsp3) is 0.368. The number of halogens is 1. The summed E-state index contributed by atoms with van der Waals surface area (Å²) in [5, 5.41) is 3.53. The standard InChI is InChI=1S/C19H20BrNO3S/c1-24-19(23)16-14-9-4-2-3-5-10-15(14)25-18(16)21-17(22)12-7-6-8-13(20)11-12/h6-8,11H,2-5,9-10H2,1H3,(H,21,22). The van der Waals surface area contributed by atoms with Crippen LogP contribution in [0.25, 0.3) is 0 Å². The van der Waals surface area contributed by atoms with Gasteiger partial charge in [-0.25, -0.2) is 4.79 Å². The summed E-state index contributed by atoms with van der Waals surface area (Å²) in [6.07, 6.45) is 6.39. The number of aryl methyl sites for hydroxylation is 1. The molecular weight excluding hydrogens is 402 g/mol. The van der Waals surface area contributed by atoms with Crippen molar-refractivity contribution in [2.75, 3.05) is 12.4 Å². The van der Waals surface area contributed by atoms with Gasteiger partial charge in [-0.2, -0.15) is 0 Å². The Hall–Kier alpha value is -1.66. The third kappa shape index (κ3) is 4.12. The van der Waals surface area contributed by atoms with Crippen LogP contribution in [0.15, 0.2) is 28.7 Å². The highest BCUT2D eigenvalue weighted by Gasteiger charge is 2.26. The minimum atomic E-state index is -0.373. The Labute approximate surface area is 159 Å². The van der Waals surface area contributed by atoms with Gasteiger partial charge in [0.2, 0.25) is 0 Å². The SMILES string of the molecule is COC(=O)c1c(NC(=O)c2cccc(Br)c2)sc2c1CCCCCC2. The lowest BCUT2D eigenvalue weighted by Crippen LogP contribution is -2.14. The highest BCUT2D eigenvalue weighted by atomic mass is 79.9. The molecule has 0 saturated carbocycles. The average molecular weight is 422 g/mol. The molecule has 0 unspecified atom stereocenters. The van der Waals surface area contributed by atoms with E-state index in [2.05, 4.69) is 21.2 Å². The molecule has 0 fully saturated rings. The summed E-state index contributed by atoms with van der Waals surface area (Å²) < 4.78 is 5.83. The largest absolute Gasteiger partial charge is 0.465 e. The Bertz CT molecular complexity index is 800. The fourth-order valence-corrected chi connectivity index (χ4v) is 4.80. The number of amides is 1. The zero-order chi connectivity index (χ0) is 17.8. The van der Waals surface area contributed by atoms with E-state index in [1.54, 1.807) is 12.1 Å². The molecule has 1 aliphatic rings. The molecule has 1 aliphatic carbocycles. The number of nitrogens with one attached hydrogen (secondary N) is 1. The van der Waals surface area contributed by atoms with Crippen LogP contribution < -0.4 is 5.32 Å². The summed E-state index contributed by atoms with van der Waals surface area (Å²) in [5.74, 6) is -0.594. The summed E-state index contributed by atoms with van der Waals surface area (Å²) in [6, 6.07) is 7.19. The number of esters is 1. The van der Waals surface area contributed by atoms with Gasteiger partial charge in [-0.3, -0.25) is 4.79 Å². The topological polar surface area (TPSA) is 55.4 Å². The van der Waals surface area contributed by atoms with Crippen molar-refractivity contribution in [2.45, 2.75) is 38.5 Å². The van der Waals surface area contributed by atoms with Crippen LogP contribution in [0.3, 0.4) is 0 Å². The molecule has 3 rings (SSSR count). The molecule has 0 aliphatic heterocycles. The van der Waals surface area contributed by atoms with Gasteiger partial charge in [-0.05, 0) is 49.4 Å². The summed E-state index contributed by atoms with van der Waals surface area (Å²) in [5.41, 5.74) is 2.14. The molecule has 4 nitrogen and oxygen atoms in total. The molecule has 0 radical (unpaired) electrons. The van der Waals surface area contributed by atoms with E-state index < -0.39 is 0 Å². The van der Waals surface area contributed by atoms with Gasteiger partial charge in [0, 0.05) is 14.9 Å². The maximum absolute atomic E-state index is 12.6. The smallest absolute Gasteiger partial charge is 0.341 e. The number of benzene rings is 1. The van der Waals surface area contributed by atoms with E-state index in [0.717, 1.165) is 35.7 Å². The number of fused-ring (bicyclic) bond motifs is 1. The van der Waals surface area contributed by atoms with Crippen LogP contribution in [0.4, 0.5) is 5.00 Å². The second-order valence-corrected chi connectivity index (χ2v) is 8.10. The molecule has 132 valence electrons. The molecule has 1 amide bonds. The lowest BCUT2D eigenvalue weighted by molar-refractivity contribution is 0.0601. The minimum Gasteiger partial charge on any atom is -0.465 e. The first-order chi connectivity index (χ1) is 12.1. The van der Waals surface area contributed by atoms with Crippen molar-refractivity contribution in [1.29, 1.82) is 0 Å². The van der Waals surface area contributed by atoms with Gasteiger partial charge < -0.3 is 10.1 Å². The molecule has 0 spiro atoms. The van der Waals surface area contributed by atoms with Crippen molar-refractivity contribution >= 4 is 44.1 Å². The molecule has 1 aromatic carbocycles. The van der Waals surface area contributed by atoms with E-state index in [1.165, 1.54) is 36.2 Å². The van der Waals surface area contributed by atoms with Gasteiger partial charge in [-0.1, -0.05) is 34.8 Å². The molecular formula is C19H20BrNO3S. The average Bonchev–Trinajstić information content (AvgIpc) is 2.90. The third-order valence-corrected chi connectivity index (χ3v) is 6.08. The van der Waals surface area contributed by atoms with Crippen molar-refractivity contribution in [3.8, 4) is 0 Å². The molecule has 0 saturated heterocycles. The normalized spacial score (nSPS) is 14.2. The Morgan fingerprint density at radius 3 is 2.64 bits per heavy atom. The summed E-state index contributed by atoms with van der Waals surface area (Å²) in [6.45, 7) is 0. The zero-order valence-electron chi connectivity index (χ0n) is 14.1. The second-order valence-electron chi connectivity index (χ2n) is 6.08. The molecule has 25 heavy (non-hydrogen) atoms. The quantitative estimate of drug-likeness (QED) is 0.691. The number of carbonyl (C=O) groups is 2. The summed E-state index contributed by atoms with van der Waals surface area (Å²) in [4.78, 5) is 26.2. The van der Waals surface area contributed by atoms with Gasteiger partial charge in [0.25, 0.3) is 5.91 Å². The molecule has 1 aromatic heterocycles. The molecule has 0 atom stereocenters. The van der Waals surface area contributed by atoms with Crippen molar-refractivity contribution in [3.63, 3.8) is 0 Å². The van der Waals surface area contributed by atoms with Crippen LogP contribution >= 0.6 is 27.3 Å². The Balaban J connectivity index is 1.95. The van der Waals surface area contributed by atoms with Crippen LogP contribution in [0, 0.1) is 0 Å². The van der Waals surface area contributed by atoms with Crippen LogP contribution in [0.2, 0.25) is 0 Å². The molecule has 6 heteroatoms. The van der Waals surface area contributed by atoms with Crippen LogP contribution in [-0.4, -0.2) is 19.0 Å². The first-order valence-corrected chi connectivity index (χ1v) is 10.0. The van der Waals surface area contributed by atoms with Crippen molar-refractivity contribution in [3.05, 3.63) is 50.3 Å². The van der Waals surface area contributed by atoms with Crippen molar-refractivity contribution in [1.82, 2.24) is 0 Å². The minimum absolute atomic E-state index is 0.222. The van der Waals surface area contributed by atoms with E-state index in [4.69, 9.17) is 4.74 Å². The van der Waals surface area contributed by atoms with Gasteiger partial charge in [0.15, 0.2) is 0 Å². The van der Waals surface area contributed by atoms with Crippen molar-refractivity contribution in [2.24, 2.45) is 0 Å². The van der Waals surface area contributed by atoms with Gasteiger partial charge in [0.05, 0.1) is 12.7 Å². The highest BCUT2D eigenvalue weighted by Crippen LogP contribution is 2.37. The van der Waals surface area contributed by atoms with Gasteiger partial charge in [-0.15, -0.1) is 11.3 Å². The highest BCUT2D eigenvalue weighted by molar-refractivity contribution is 9.10. The van der Waals surface area contributed by atoms with Crippen LogP contribution in [0.1, 0.15) is 56.8 Å². The lowest BCUT2D eigenvalue weighted by atomic mass is 9.96.